The Balaban J connectivity index is 1.59. The summed E-state index contributed by atoms with van der Waals surface area (Å²) in [5, 5.41) is 5.95. The van der Waals surface area contributed by atoms with Crippen molar-refractivity contribution in [2.24, 2.45) is 0 Å². The van der Waals surface area contributed by atoms with Crippen molar-refractivity contribution in [3.8, 4) is 0 Å². The number of nitrogens with zero attached hydrogens (tertiary/aromatic N) is 1. The predicted octanol–water partition coefficient (Wildman–Crippen LogP) is 3.58. The van der Waals surface area contributed by atoms with E-state index in [0.29, 0.717) is 25.0 Å². The van der Waals surface area contributed by atoms with Crippen molar-refractivity contribution in [1.29, 1.82) is 0 Å². The van der Waals surface area contributed by atoms with Crippen molar-refractivity contribution in [3.05, 3.63) is 0 Å². The molecule has 2 N–H and O–H groups in total. The molecule has 0 heterocycles. The average molecular weight is 338 g/mol. The normalized spacial score (nSPS) is 19.7. The van der Waals surface area contributed by atoms with Gasteiger partial charge in [0.05, 0.1) is 0 Å². The van der Waals surface area contributed by atoms with Crippen LogP contribution >= 0.6 is 0 Å². The highest BCUT2D eigenvalue weighted by Gasteiger charge is 2.23. The molecule has 2 saturated carbocycles. The Hall–Kier alpha value is -1.26. The summed E-state index contributed by atoms with van der Waals surface area (Å²) in [7, 11) is 0. The number of rotatable bonds is 7. The third kappa shape index (κ3) is 6.33. The molecule has 24 heavy (non-hydrogen) atoms. The van der Waals surface area contributed by atoms with E-state index in [9.17, 15) is 9.59 Å². The quantitative estimate of drug-likeness (QED) is 0.698. The molecule has 0 saturated heterocycles. The Kier molecular flexibility index (Phi) is 8.40. The standard InChI is InChI=1S/C19H35N3O2/c1-2-22(17-12-7-4-8-13-17)18(23)14-9-15-20-19(24)21-16-10-5-3-6-11-16/h16-17H,2-15H2,1H3,(H2,20,21,24). The minimum absolute atomic E-state index is 0.0750. The summed E-state index contributed by atoms with van der Waals surface area (Å²) in [4.78, 5) is 26.4. The van der Waals surface area contributed by atoms with Crippen molar-refractivity contribution < 1.29 is 9.59 Å². The molecule has 0 atom stereocenters. The van der Waals surface area contributed by atoms with E-state index in [1.54, 1.807) is 0 Å². The van der Waals surface area contributed by atoms with Gasteiger partial charge in [-0.05, 0) is 39.0 Å². The third-order valence-corrected chi connectivity index (χ3v) is 5.47. The number of urea groups is 1. The van der Waals surface area contributed by atoms with Gasteiger partial charge in [0.1, 0.15) is 0 Å². The number of hydrogen-bond donors (Lipinski definition) is 2. The number of carbonyl (C=O) groups excluding carboxylic acids is 2. The lowest BCUT2D eigenvalue weighted by atomic mass is 9.94. The fourth-order valence-electron chi connectivity index (χ4n) is 4.10. The van der Waals surface area contributed by atoms with Crippen LogP contribution in [0, 0.1) is 0 Å². The minimum Gasteiger partial charge on any atom is -0.340 e. The van der Waals surface area contributed by atoms with Gasteiger partial charge in [0.15, 0.2) is 0 Å². The lowest BCUT2D eigenvalue weighted by Gasteiger charge is -2.33. The zero-order valence-corrected chi connectivity index (χ0v) is 15.3. The highest BCUT2D eigenvalue weighted by Crippen LogP contribution is 2.23. The van der Waals surface area contributed by atoms with E-state index in [1.807, 2.05) is 0 Å². The number of nitrogens with one attached hydrogen (secondary N) is 2. The van der Waals surface area contributed by atoms with Crippen LogP contribution in [0.5, 0.6) is 0 Å². The van der Waals surface area contributed by atoms with Gasteiger partial charge < -0.3 is 15.5 Å². The second kappa shape index (κ2) is 10.6. The molecular weight excluding hydrogens is 302 g/mol. The Morgan fingerprint density at radius 1 is 0.958 bits per heavy atom. The first-order valence-electron chi connectivity index (χ1n) is 10.0. The second-order valence-corrected chi connectivity index (χ2v) is 7.31. The van der Waals surface area contributed by atoms with Crippen molar-refractivity contribution >= 4 is 11.9 Å². The van der Waals surface area contributed by atoms with Gasteiger partial charge in [-0.25, -0.2) is 4.79 Å². The van der Waals surface area contributed by atoms with Gasteiger partial charge in [0.25, 0.3) is 0 Å². The van der Waals surface area contributed by atoms with Crippen molar-refractivity contribution in [2.45, 2.75) is 96.1 Å². The van der Waals surface area contributed by atoms with Gasteiger partial charge in [0, 0.05) is 31.6 Å². The average Bonchev–Trinajstić information content (AvgIpc) is 2.61. The zero-order valence-electron chi connectivity index (χ0n) is 15.3. The first-order chi connectivity index (χ1) is 11.7. The van der Waals surface area contributed by atoms with Crippen LogP contribution in [-0.2, 0) is 4.79 Å². The maximum atomic E-state index is 12.4. The summed E-state index contributed by atoms with van der Waals surface area (Å²) in [6.45, 7) is 3.45. The topological polar surface area (TPSA) is 61.4 Å². The monoisotopic (exact) mass is 337 g/mol. The lowest BCUT2D eigenvalue weighted by Crippen LogP contribution is -2.44. The maximum Gasteiger partial charge on any atom is 0.315 e. The molecule has 5 nitrogen and oxygen atoms in total. The Bertz CT molecular complexity index is 388. The number of hydrogen-bond acceptors (Lipinski definition) is 2. The fraction of sp³-hybridized carbons (Fsp3) is 0.895. The molecule has 5 heteroatoms. The summed E-state index contributed by atoms with van der Waals surface area (Å²) in [5.41, 5.74) is 0. The lowest BCUT2D eigenvalue weighted by molar-refractivity contribution is -0.134. The largest absolute Gasteiger partial charge is 0.340 e. The van der Waals surface area contributed by atoms with Gasteiger partial charge in [-0.1, -0.05) is 38.5 Å². The molecular formula is C19H35N3O2. The maximum absolute atomic E-state index is 12.4. The van der Waals surface area contributed by atoms with E-state index in [-0.39, 0.29) is 11.9 Å². The Morgan fingerprint density at radius 3 is 2.21 bits per heavy atom. The van der Waals surface area contributed by atoms with Gasteiger partial charge in [-0.2, -0.15) is 0 Å². The van der Waals surface area contributed by atoms with Crippen LogP contribution in [0.1, 0.15) is 84.0 Å². The third-order valence-electron chi connectivity index (χ3n) is 5.47. The Morgan fingerprint density at radius 2 is 1.58 bits per heavy atom. The molecule has 0 aliphatic heterocycles. The molecule has 0 spiro atoms. The summed E-state index contributed by atoms with van der Waals surface area (Å²) in [6, 6.07) is 0.704. The van der Waals surface area contributed by atoms with Crippen LogP contribution in [0.2, 0.25) is 0 Å². The molecule has 2 rings (SSSR count). The molecule has 0 aromatic heterocycles. The molecule has 138 valence electrons. The molecule has 2 fully saturated rings. The first kappa shape index (κ1) is 19.1. The summed E-state index contributed by atoms with van der Waals surface area (Å²) >= 11 is 0. The van der Waals surface area contributed by atoms with Gasteiger partial charge >= 0.3 is 6.03 Å². The van der Waals surface area contributed by atoms with Crippen molar-refractivity contribution in [1.82, 2.24) is 15.5 Å². The van der Waals surface area contributed by atoms with Crippen LogP contribution in [0.25, 0.3) is 0 Å². The molecule has 0 unspecified atom stereocenters. The van der Waals surface area contributed by atoms with Crippen LogP contribution in [0.3, 0.4) is 0 Å². The molecule has 2 aliphatic carbocycles. The van der Waals surface area contributed by atoms with E-state index in [2.05, 4.69) is 22.5 Å². The molecule has 2 aliphatic rings. The molecule has 3 amide bonds. The minimum atomic E-state index is -0.0750. The van der Waals surface area contributed by atoms with Gasteiger partial charge in [0.2, 0.25) is 5.91 Å². The van der Waals surface area contributed by atoms with E-state index in [4.69, 9.17) is 0 Å². The zero-order chi connectivity index (χ0) is 17.2. The molecule has 0 bridgehead atoms. The van der Waals surface area contributed by atoms with Crippen molar-refractivity contribution in [3.63, 3.8) is 0 Å². The fourth-order valence-corrected chi connectivity index (χ4v) is 4.10. The highest BCUT2D eigenvalue weighted by atomic mass is 16.2. The Labute approximate surface area is 146 Å². The van der Waals surface area contributed by atoms with E-state index in [0.717, 1.165) is 38.6 Å². The van der Waals surface area contributed by atoms with Crippen LogP contribution in [0.4, 0.5) is 4.79 Å². The highest BCUT2D eigenvalue weighted by molar-refractivity contribution is 5.77. The van der Waals surface area contributed by atoms with E-state index in [1.165, 1.54) is 38.5 Å². The van der Waals surface area contributed by atoms with Gasteiger partial charge in [-0.15, -0.1) is 0 Å². The first-order valence-corrected chi connectivity index (χ1v) is 10.0. The molecule has 0 aromatic rings. The van der Waals surface area contributed by atoms with Gasteiger partial charge in [-0.3, -0.25) is 4.79 Å². The number of carbonyl (C=O) groups is 2. The number of amides is 3. The predicted molar refractivity (Wildman–Crippen MR) is 96.9 cm³/mol. The van der Waals surface area contributed by atoms with Crippen LogP contribution < -0.4 is 10.6 Å². The second-order valence-electron chi connectivity index (χ2n) is 7.31. The van der Waals surface area contributed by atoms with E-state index < -0.39 is 0 Å². The summed E-state index contributed by atoms with van der Waals surface area (Å²) in [5.74, 6) is 0.249. The van der Waals surface area contributed by atoms with Crippen LogP contribution in [-0.4, -0.2) is 42.0 Å². The summed E-state index contributed by atoms with van der Waals surface area (Å²) < 4.78 is 0. The SMILES string of the molecule is CCN(C(=O)CCCNC(=O)NC1CCCCC1)C1CCCCC1. The van der Waals surface area contributed by atoms with E-state index >= 15 is 0 Å². The van der Waals surface area contributed by atoms with Crippen LogP contribution in [0.15, 0.2) is 0 Å². The molecule has 0 radical (unpaired) electrons. The van der Waals surface area contributed by atoms with Crippen molar-refractivity contribution in [2.75, 3.05) is 13.1 Å². The smallest absolute Gasteiger partial charge is 0.315 e. The summed E-state index contributed by atoms with van der Waals surface area (Å²) in [6.07, 6.45) is 13.3. The molecule has 0 aromatic carbocycles.